The fourth-order valence-corrected chi connectivity index (χ4v) is 2.97. The molecule has 31 heavy (non-hydrogen) atoms. The van der Waals surface area contributed by atoms with Crippen molar-refractivity contribution in [2.75, 3.05) is 25.6 Å². The smallest absolute Gasteiger partial charge is 0.311 e. The van der Waals surface area contributed by atoms with E-state index in [1.54, 1.807) is 24.3 Å². The van der Waals surface area contributed by atoms with Crippen molar-refractivity contribution in [3.05, 3.63) is 59.9 Å². The lowest BCUT2D eigenvalue weighted by molar-refractivity contribution is -0.151. The molecule has 2 aromatic carbocycles. The Kier molecular flexibility index (Phi) is 6.81. The minimum Gasteiger partial charge on any atom is -0.496 e. The Morgan fingerprint density at radius 1 is 1.13 bits per heavy atom. The second-order valence-corrected chi connectivity index (χ2v) is 6.71. The topological polar surface area (TPSA) is 114 Å². The van der Waals surface area contributed by atoms with Gasteiger partial charge in [0.15, 0.2) is 6.61 Å². The fraction of sp³-hybridized carbons (Fsp3) is 0.238. The molecule has 1 fully saturated rings. The molecule has 1 saturated heterocycles. The van der Waals surface area contributed by atoms with Crippen LogP contribution in [0.3, 0.4) is 0 Å². The van der Waals surface area contributed by atoms with Crippen LogP contribution in [0.5, 0.6) is 5.75 Å². The molecule has 9 nitrogen and oxygen atoms in total. The van der Waals surface area contributed by atoms with Gasteiger partial charge < -0.3 is 14.8 Å². The molecular weight excluding hydrogens is 409 g/mol. The van der Waals surface area contributed by atoms with E-state index >= 15 is 0 Å². The van der Waals surface area contributed by atoms with Gasteiger partial charge in [-0.25, -0.2) is 4.39 Å². The molecule has 3 amide bonds. The molecule has 3 rings (SSSR count). The van der Waals surface area contributed by atoms with E-state index in [2.05, 4.69) is 10.7 Å². The standard InChI is InChI=1S/C21H20FN3O6/c1-30-17-5-3-2-4-16(17)20(28)24-25-11-13(10-19(25)27)21(29)31-12-18(26)23-15-8-6-14(22)7-9-15/h2-9,13H,10-12H2,1H3,(H,23,26)(H,24,28)/t13-/m1/s1. The first-order chi connectivity index (χ1) is 14.9. The predicted molar refractivity (Wildman–Crippen MR) is 106 cm³/mol. The molecule has 1 atom stereocenters. The first-order valence-electron chi connectivity index (χ1n) is 9.34. The number of carbonyl (C=O) groups excluding carboxylic acids is 4. The number of para-hydroxylation sites is 1. The number of nitrogens with zero attached hydrogens (tertiary/aromatic N) is 1. The van der Waals surface area contributed by atoms with Crippen LogP contribution < -0.4 is 15.5 Å². The van der Waals surface area contributed by atoms with E-state index < -0.39 is 42.0 Å². The van der Waals surface area contributed by atoms with E-state index in [1.807, 2.05) is 0 Å². The maximum Gasteiger partial charge on any atom is 0.311 e. The third-order valence-electron chi connectivity index (χ3n) is 4.52. The van der Waals surface area contributed by atoms with Crippen molar-refractivity contribution in [3.63, 3.8) is 0 Å². The van der Waals surface area contributed by atoms with E-state index in [-0.39, 0.29) is 18.5 Å². The molecule has 1 heterocycles. The number of anilines is 1. The summed E-state index contributed by atoms with van der Waals surface area (Å²) in [5.41, 5.74) is 3.04. The Bertz CT molecular complexity index is 995. The van der Waals surface area contributed by atoms with Gasteiger partial charge in [0.25, 0.3) is 11.8 Å². The van der Waals surface area contributed by atoms with Gasteiger partial charge in [-0.15, -0.1) is 0 Å². The number of esters is 1. The monoisotopic (exact) mass is 429 g/mol. The number of nitrogens with one attached hydrogen (secondary N) is 2. The van der Waals surface area contributed by atoms with Crippen LogP contribution in [0, 0.1) is 11.7 Å². The highest BCUT2D eigenvalue weighted by Crippen LogP contribution is 2.20. The second-order valence-electron chi connectivity index (χ2n) is 6.71. The van der Waals surface area contributed by atoms with Crippen LogP contribution in [-0.4, -0.2) is 49.0 Å². The number of amides is 3. The van der Waals surface area contributed by atoms with Gasteiger partial charge in [-0.3, -0.25) is 29.6 Å². The Morgan fingerprint density at radius 2 is 1.84 bits per heavy atom. The largest absolute Gasteiger partial charge is 0.496 e. The lowest BCUT2D eigenvalue weighted by Gasteiger charge is -2.18. The van der Waals surface area contributed by atoms with Crippen LogP contribution in [0.15, 0.2) is 48.5 Å². The number of halogens is 1. The van der Waals surface area contributed by atoms with Crippen molar-refractivity contribution in [2.45, 2.75) is 6.42 Å². The van der Waals surface area contributed by atoms with Crippen molar-refractivity contribution in [1.82, 2.24) is 10.4 Å². The van der Waals surface area contributed by atoms with Crippen LogP contribution in [0.2, 0.25) is 0 Å². The van der Waals surface area contributed by atoms with Crippen LogP contribution in [0.25, 0.3) is 0 Å². The molecule has 0 aliphatic carbocycles. The summed E-state index contributed by atoms with van der Waals surface area (Å²) in [5, 5.41) is 3.50. The summed E-state index contributed by atoms with van der Waals surface area (Å²) in [4.78, 5) is 48.7. The molecule has 0 aromatic heterocycles. The summed E-state index contributed by atoms with van der Waals surface area (Å²) in [6, 6.07) is 11.6. The first-order valence-corrected chi connectivity index (χ1v) is 9.34. The molecule has 0 saturated carbocycles. The number of ether oxygens (including phenoxy) is 2. The number of rotatable bonds is 7. The van der Waals surface area contributed by atoms with Crippen LogP contribution in [-0.2, 0) is 19.1 Å². The number of hydrazine groups is 1. The summed E-state index contributed by atoms with van der Waals surface area (Å²) >= 11 is 0. The highest BCUT2D eigenvalue weighted by Gasteiger charge is 2.37. The maximum absolute atomic E-state index is 12.9. The van der Waals surface area contributed by atoms with Crippen LogP contribution in [0.4, 0.5) is 10.1 Å². The van der Waals surface area contributed by atoms with Crippen molar-refractivity contribution < 1.29 is 33.0 Å². The Balaban J connectivity index is 1.49. The lowest BCUT2D eigenvalue weighted by Crippen LogP contribution is -2.43. The van der Waals surface area contributed by atoms with Crippen LogP contribution in [0.1, 0.15) is 16.8 Å². The SMILES string of the molecule is COc1ccccc1C(=O)NN1C[C@H](C(=O)OCC(=O)Nc2ccc(F)cc2)CC1=O. The molecule has 0 spiro atoms. The number of carbonyl (C=O) groups is 4. The average Bonchev–Trinajstić information content (AvgIpc) is 3.13. The zero-order chi connectivity index (χ0) is 22.4. The normalized spacial score (nSPS) is 15.4. The average molecular weight is 429 g/mol. The fourth-order valence-electron chi connectivity index (χ4n) is 2.97. The molecule has 2 aromatic rings. The van der Waals surface area contributed by atoms with Gasteiger partial charge in [-0.2, -0.15) is 0 Å². The minimum atomic E-state index is -0.830. The van der Waals surface area contributed by atoms with Crippen molar-refractivity contribution in [3.8, 4) is 5.75 Å². The van der Waals surface area contributed by atoms with E-state index in [0.29, 0.717) is 11.4 Å². The Morgan fingerprint density at radius 3 is 2.55 bits per heavy atom. The van der Waals surface area contributed by atoms with Crippen LogP contribution >= 0.6 is 0 Å². The minimum absolute atomic E-state index is 0.0852. The lowest BCUT2D eigenvalue weighted by atomic mass is 10.1. The predicted octanol–water partition coefficient (Wildman–Crippen LogP) is 1.51. The van der Waals surface area contributed by atoms with Gasteiger partial charge in [0, 0.05) is 12.1 Å². The zero-order valence-electron chi connectivity index (χ0n) is 16.6. The summed E-state index contributed by atoms with van der Waals surface area (Å²) in [6.07, 6.45) is -0.162. The van der Waals surface area contributed by atoms with Gasteiger partial charge in [0.1, 0.15) is 11.6 Å². The molecule has 10 heteroatoms. The van der Waals surface area contributed by atoms with E-state index in [4.69, 9.17) is 9.47 Å². The third kappa shape index (κ3) is 5.56. The van der Waals surface area contributed by atoms with Gasteiger partial charge >= 0.3 is 5.97 Å². The number of benzene rings is 2. The molecule has 1 aliphatic rings. The van der Waals surface area contributed by atoms with E-state index in [1.165, 1.54) is 31.4 Å². The van der Waals surface area contributed by atoms with E-state index in [0.717, 1.165) is 5.01 Å². The number of hydrogen-bond donors (Lipinski definition) is 2. The number of methoxy groups -OCH3 is 1. The Hall–Kier alpha value is -3.95. The zero-order valence-corrected chi connectivity index (χ0v) is 16.6. The van der Waals surface area contributed by atoms with Crippen molar-refractivity contribution in [1.29, 1.82) is 0 Å². The summed E-state index contributed by atoms with van der Waals surface area (Å²) in [5.74, 6) is -3.29. The van der Waals surface area contributed by atoms with Gasteiger partial charge in [-0.05, 0) is 36.4 Å². The molecular formula is C21H20FN3O6. The third-order valence-corrected chi connectivity index (χ3v) is 4.52. The molecule has 2 N–H and O–H groups in total. The van der Waals surface area contributed by atoms with Gasteiger partial charge in [0.05, 0.1) is 25.1 Å². The molecule has 162 valence electrons. The highest BCUT2D eigenvalue weighted by atomic mass is 19.1. The summed E-state index contributed by atoms with van der Waals surface area (Å²) in [7, 11) is 1.42. The van der Waals surface area contributed by atoms with Gasteiger partial charge in [-0.1, -0.05) is 12.1 Å². The quantitative estimate of drug-likeness (QED) is 0.645. The maximum atomic E-state index is 12.9. The first kappa shape index (κ1) is 21.8. The second kappa shape index (κ2) is 9.70. The summed E-state index contributed by atoms with van der Waals surface area (Å²) in [6.45, 7) is -0.646. The van der Waals surface area contributed by atoms with E-state index in [9.17, 15) is 23.6 Å². The van der Waals surface area contributed by atoms with Crippen molar-refractivity contribution >= 4 is 29.4 Å². The molecule has 1 aliphatic heterocycles. The molecule has 0 unspecified atom stereocenters. The molecule has 0 radical (unpaired) electrons. The summed E-state index contributed by atoms with van der Waals surface area (Å²) < 4.78 is 23.0. The van der Waals surface area contributed by atoms with Gasteiger partial charge in [0.2, 0.25) is 5.91 Å². The number of hydrogen-bond acceptors (Lipinski definition) is 6. The van der Waals surface area contributed by atoms with Crippen molar-refractivity contribution in [2.24, 2.45) is 5.92 Å². The molecule has 0 bridgehead atoms. The highest BCUT2D eigenvalue weighted by molar-refractivity contribution is 5.98. The Labute approximate surface area is 177 Å².